The third-order valence-electron chi connectivity index (χ3n) is 7.45. The number of fused-ring (bicyclic) bond motifs is 5. The molecule has 0 unspecified atom stereocenters. The largest absolute Gasteiger partial charge is 0.372 e. The van der Waals surface area contributed by atoms with Crippen LogP contribution in [0.4, 0.5) is 5.69 Å². The number of rotatable bonds is 2. The molecule has 2 aliphatic rings. The molecule has 0 atom stereocenters. The second-order valence-electron chi connectivity index (χ2n) is 9.27. The highest BCUT2D eigenvalue weighted by Gasteiger charge is 2.43. The third-order valence-corrected chi connectivity index (χ3v) is 9.35. The van der Waals surface area contributed by atoms with Gasteiger partial charge in [-0.1, -0.05) is 12.1 Å². The maximum Gasteiger partial charge on any atom is 0.316 e. The number of sulfonamides is 1. The normalized spacial score (nSPS) is 17.2. The molecule has 4 aromatic rings. The van der Waals surface area contributed by atoms with Gasteiger partial charge in [0.2, 0.25) is 10.0 Å². The molecule has 1 saturated heterocycles. The van der Waals surface area contributed by atoms with Gasteiger partial charge in [-0.2, -0.15) is 4.31 Å². The van der Waals surface area contributed by atoms with Gasteiger partial charge in [-0.3, -0.25) is 9.59 Å². The van der Waals surface area contributed by atoms with Crippen LogP contribution in [0.2, 0.25) is 0 Å². The number of anilines is 1. The summed E-state index contributed by atoms with van der Waals surface area (Å²) in [6.07, 6.45) is 3.28. The van der Waals surface area contributed by atoms with Gasteiger partial charge < -0.3 is 19.0 Å². The smallest absolute Gasteiger partial charge is 0.316 e. The standard InChI is InChI=1S/C25H25N5O4S/c1-27-20-10-9-17(16-21(20)28(2)24(32)23(27)31)35(33,34)29-14-11-25(12-15-29)22-8-5-13-30(22)19-7-4-3-6-18(19)26-25/h3-10,13,16,26H,11-12,14-15H2,1-2H3. The molecule has 6 rings (SSSR count). The molecule has 35 heavy (non-hydrogen) atoms. The number of piperidine rings is 1. The molecular formula is C25H25N5O4S. The Morgan fingerprint density at radius 2 is 1.54 bits per heavy atom. The van der Waals surface area contributed by atoms with E-state index in [-0.39, 0.29) is 10.4 Å². The van der Waals surface area contributed by atoms with E-state index in [0.29, 0.717) is 37.0 Å². The first kappa shape index (κ1) is 21.9. The summed E-state index contributed by atoms with van der Waals surface area (Å²) in [5.74, 6) is 0. The first-order valence-electron chi connectivity index (χ1n) is 11.5. The molecule has 0 aliphatic carbocycles. The van der Waals surface area contributed by atoms with Crippen LogP contribution in [-0.2, 0) is 29.7 Å². The van der Waals surface area contributed by atoms with Crippen LogP contribution >= 0.6 is 0 Å². The van der Waals surface area contributed by atoms with Crippen LogP contribution < -0.4 is 16.4 Å². The predicted octanol–water partition coefficient (Wildman–Crippen LogP) is 2.13. The summed E-state index contributed by atoms with van der Waals surface area (Å²) in [6, 6.07) is 16.8. The lowest BCUT2D eigenvalue weighted by atomic mass is 9.83. The van der Waals surface area contributed by atoms with E-state index in [2.05, 4.69) is 28.1 Å². The number of aryl methyl sites for hydroxylation is 2. The molecular weight excluding hydrogens is 466 g/mol. The third kappa shape index (κ3) is 3.06. The molecule has 1 spiro atoms. The SMILES string of the molecule is Cn1c(=O)c(=O)n(C)c2cc(S(=O)(=O)N3CCC4(CC3)Nc3ccccc3-n3cccc34)ccc21. The Morgan fingerprint density at radius 1 is 0.857 bits per heavy atom. The van der Waals surface area contributed by atoms with Crippen LogP contribution in [0, 0.1) is 0 Å². The van der Waals surface area contributed by atoms with Gasteiger partial charge in [-0.05, 0) is 55.3 Å². The number of para-hydroxylation sites is 2. The molecule has 0 bridgehead atoms. The zero-order valence-electron chi connectivity index (χ0n) is 19.4. The fourth-order valence-corrected chi connectivity index (χ4v) is 6.91. The first-order valence-corrected chi connectivity index (χ1v) is 12.9. The van der Waals surface area contributed by atoms with Gasteiger partial charge in [0.15, 0.2) is 0 Å². The zero-order chi connectivity index (χ0) is 24.5. The average molecular weight is 492 g/mol. The number of nitrogens with one attached hydrogen (secondary N) is 1. The van der Waals surface area contributed by atoms with Crippen LogP contribution in [0.15, 0.2) is 75.3 Å². The minimum atomic E-state index is -3.79. The molecule has 1 fully saturated rings. The van der Waals surface area contributed by atoms with Gasteiger partial charge in [-0.25, -0.2) is 8.42 Å². The molecule has 9 nitrogen and oxygen atoms in total. The summed E-state index contributed by atoms with van der Waals surface area (Å²) < 4.78 is 33.3. The topological polar surface area (TPSA) is 98.3 Å². The van der Waals surface area contributed by atoms with Gasteiger partial charge in [0.05, 0.1) is 32.8 Å². The number of aromatic nitrogens is 3. The van der Waals surface area contributed by atoms with Crippen molar-refractivity contribution in [3.63, 3.8) is 0 Å². The van der Waals surface area contributed by atoms with E-state index >= 15 is 0 Å². The van der Waals surface area contributed by atoms with E-state index in [9.17, 15) is 18.0 Å². The molecule has 0 radical (unpaired) electrons. The van der Waals surface area contributed by atoms with Crippen LogP contribution in [0.1, 0.15) is 18.5 Å². The highest BCUT2D eigenvalue weighted by atomic mass is 32.2. The van der Waals surface area contributed by atoms with Crippen LogP contribution in [-0.4, -0.2) is 39.5 Å². The maximum atomic E-state index is 13.6. The summed E-state index contributed by atoms with van der Waals surface area (Å²) in [7, 11) is -0.800. The van der Waals surface area contributed by atoms with E-state index in [0.717, 1.165) is 17.1 Å². The Hall–Kier alpha value is -3.63. The quantitative estimate of drug-likeness (QED) is 0.433. The van der Waals surface area contributed by atoms with Crippen molar-refractivity contribution in [2.24, 2.45) is 14.1 Å². The second-order valence-corrected chi connectivity index (χ2v) is 11.2. The van der Waals surface area contributed by atoms with Gasteiger partial charge >= 0.3 is 11.1 Å². The molecule has 4 heterocycles. The van der Waals surface area contributed by atoms with E-state index in [1.165, 1.54) is 39.7 Å². The zero-order valence-corrected chi connectivity index (χ0v) is 20.2. The molecule has 1 N–H and O–H groups in total. The number of hydrogen-bond acceptors (Lipinski definition) is 5. The van der Waals surface area contributed by atoms with Crippen molar-refractivity contribution in [1.82, 2.24) is 18.0 Å². The summed E-state index contributed by atoms with van der Waals surface area (Å²) in [5, 5.41) is 3.70. The molecule has 10 heteroatoms. The van der Waals surface area contributed by atoms with Crippen LogP contribution in [0.5, 0.6) is 0 Å². The highest BCUT2D eigenvalue weighted by Crippen LogP contribution is 2.44. The van der Waals surface area contributed by atoms with E-state index in [4.69, 9.17) is 0 Å². The van der Waals surface area contributed by atoms with Gasteiger partial charge in [0, 0.05) is 39.1 Å². The lowest BCUT2D eigenvalue weighted by molar-refractivity contribution is 0.247. The van der Waals surface area contributed by atoms with E-state index < -0.39 is 21.1 Å². The van der Waals surface area contributed by atoms with Crippen molar-refractivity contribution in [2.45, 2.75) is 23.3 Å². The fourth-order valence-electron chi connectivity index (χ4n) is 5.45. The van der Waals surface area contributed by atoms with Crippen LogP contribution in [0.25, 0.3) is 16.7 Å². The van der Waals surface area contributed by atoms with Gasteiger partial charge in [0.1, 0.15) is 0 Å². The van der Waals surface area contributed by atoms with Crippen molar-refractivity contribution in [3.05, 3.63) is 87.2 Å². The van der Waals surface area contributed by atoms with Crippen LogP contribution in [0.3, 0.4) is 0 Å². The molecule has 2 aliphatic heterocycles. The number of nitrogens with zero attached hydrogens (tertiary/aromatic N) is 4. The Labute approximate surface area is 201 Å². The molecule has 2 aromatic heterocycles. The Balaban J connectivity index is 1.33. The Kier molecular flexibility index (Phi) is 4.64. The summed E-state index contributed by atoms with van der Waals surface area (Å²) in [4.78, 5) is 24.5. The Morgan fingerprint density at radius 3 is 2.29 bits per heavy atom. The first-order chi connectivity index (χ1) is 16.7. The second kappa shape index (κ2) is 7.43. The highest BCUT2D eigenvalue weighted by molar-refractivity contribution is 7.89. The van der Waals surface area contributed by atoms with Crippen molar-refractivity contribution >= 4 is 26.7 Å². The van der Waals surface area contributed by atoms with Gasteiger partial charge in [0.25, 0.3) is 0 Å². The Bertz CT molecular complexity index is 1720. The predicted molar refractivity (Wildman–Crippen MR) is 133 cm³/mol. The molecule has 180 valence electrons. The monoisotopic (exact) mass is 491 g/mol. The summed E-state index contributed by atoms with van der Waals surface area (Å²) in [5.41, 5.74) is 2.46. The maximum absolute atomic E-state index is 13.6. The summed E-state index contributed by atoms with van der Waals surface area (Å²) >= 11 is 0. The average Bonchev–Trinajstić information content (AvgIpc) is 3.38. The summed E-state index contributed by atoms with van der Waals surface area (Å²) in [6.45, 7) is 0.708. The van der Waals surface area contributed by atoms with Crippen molar-refractivity contribution in [3.8, 4) is 5.69 Å². The molecule has 0 saturated carbocycles. The van der Waals surface area contributed by atoms with Crippen molar-refractivity contribution in [1.29, 1.82) is 0 Å². The fraction of sp³-hybridized carbons (Fsp3) is 0.280. The lowest BCUT2D eigenvalue weighted by Gasteiger charge is -2.45. The van der Waals surface area contributed by atoms with E-state index in [1.807, 2.05) is 24.4 Å². The van der Waals surface area contributed by atoms with Crippen molar-refractivity contribution in [2.75, 3.05) is 18.4 Å². The van der Waals surface area contributed by atoms with E-state index in [1.54, 1.807) is 6.07 Å². The van der Waals surface area contributed by atoms with Crippen molar-refractivity contribution < 1.29 is 8.42 Å². The number of benzene rings is 2. The van der Waals surface area contributed by atoms with Gasteiger partial charge in [-0.15, -0.1) is 0 Å². The minimum Gasteiger partial charge on any atom is -0.372 e. The number of hydrogen-bond donors (Lipinski definition) is 1. The molecule has 2 aromatic carbocycles. The minimum absolute atomic E-state index is 0.111. The lowest BCUT2D eigenvalue weighted by Crippen LogP contribution is -2.51. The molecule has 0 amide bonds.